The molecule has 3 aromatic carbocycles. The van der Waals surface area contributed by atoms with Crippen LogP contribution in [0.3, 0.4) is 0 Å². The van der Waals surface area contributed by atoms with Crippen molar-refractivity contribution in [3.63, 3.8) is 0 Å². The first-order valence-corrected chi connectivity index (χ1v) is 15.4. The van der Waals surface area contributed by atoms with Gasteiger partial charge in [-0.15, -0.1) is 0 Å². The van der Waals surface area contributed by atoms with E-state index in [2.05, 4.69) is 14.6 Å². The Balaban J connectivity index is 1.52. The average Bonchev–Trinajstić information content (AvgIpc) is 2.96. The maximum absolute atomic E-state index is 12.4. The lowest BCUT2D eigenvalue weighted by atomic mass is 9.98. The van der Waals surface area contributed by atoms with E-state index < -0.39 is 46.0 Å². The number of azide groups is 1. The Kier molecular flexibility index (Phi) is 10.1. The van der Waals surface area contributed by atoms with Crippen molar-refractivity contribution in [3.8, 4) is 11.3 Å². The van der Waals surface area contributed by atoms with Gasteiger partial charge in [-0.05, 0) is 48.7 Å². The first-order chi connectivity index (χ1) is 21.0. The van der Waals surface area contributed by atoms with Gasteiger partial charge in [0.1, 0.15) is 24.1 Å². The number of aryl methyl sites for hydroxylation is 1. The molecule has 0 saturated carbocycles. The first kappa shape index (κ1) is 31.9. The molecule has 4 aromatic rings. The summed E-state index contributed by atoms with van der Waals surface area (Å²) in [6.45, 7) is 0.551. The molecule has 0 spiro atoms. The number of amides is 1. The predicted molar refractivity (Wildman–Crippen MR) is 164 cm³/mol. The Morgan fingerprint density at radius 1 is 0.977 bits per heavy atom. The van der Waals surface area contributed by atoms with Crippen LogP contribution in [0.25, 0.3) is 43.4 Å². The summed E-state index contributed by atoms with van der Waals surface area (Å²) < 4.78 is 33.0. The second-order valence-corrected chi connectivity index (χ2v) is 11.8. The Morgan fingerprint density at radius 2 is 1.70 bits per heavy atom. The highest BCUT2D eigenvalue weighted by Gasteiger charge is 2.27. The molecule has 0 aliphatic carbocycles. The maximum atomic E-state index is 12.4. The number of unbranched alkanes of at least 4 members (excludes halogenated alkanes) is 2. The minimum atomic E-state index is -4.65. The summed E-state index contributed by atoms with van der Waals surface area (Å²) in [4.78, 5) is 38.6. The van der Waals surface area contributed by atoms with E-state index in [-0.39, 0.29) is 6.42 Å². The number of fused-ring (bicyclic) bond motifs is 3. The number of pyridine rings is 1. The highest BCUT2D eigenvalue weighted by Crippen LogP contribution is 2.34. The van der Waals surface area contributed by atoms with Gasteiger partial charge in [0, 0.05) is 46.1 Å². The molecule has 1 aromatic heterocycles. The summed E-state index contributed by atoms with van der Waals surface area (Å²) in [5.41, 5.74) is 19.1. The summed E-state index contributed by atoms with van der Waals surface area (Å²) in [6, 6.07) is 19.2. The summed E-state index contributed by atoms with van der Waals surface area (Å²) >= 11 is 0. The number of hydrogen-bond acceptors (Lipinski definition) is 7. The van der Waals surface area contributed by atoms with Crippen LogP contribution in [0.2, 0.25) is 0 Å². The minimum Gasteiger partial charge on any atom is -0.480 e. The van der Waals surface area contributed by atoms with Gasteiger partial charge < -0.3 is 16.2 Å². The van der Waals surface area contributed by atoms with Gasteiger partial charge in [-0.3, -0.25) is 14.1 Å². The van der Waals surface area contributed by atoms with Gasteiger partial charge >= 0.3 is 5.97 Å². The number of nitrogen functional groups attached to an aromatic ring is 1. The molecule has 4 rings (SSSR count). The van der Waals surface area contributed by atoms with E-state index in [0.29, 0.717) is 37.2 Å². The van der Waals surface area contributed by atoms with Crippen molar-refractivity contribution in [2.24, 2.45) is 5.11 Å². The molecule has 1 heterocycles. The van der Waals surface area contributed by atoms with Crippen LogP contribution in [0, 0.1) is 0 Å². The molecule has 0 fully saturated rings. The maximum Gasteiger partial charge on any atom is 0.327 e. The number of aliphatic carboxylic acids is 1. The van der Waals surface area contributed by atoms with Crippen molar-refractivity contribution in [1.29, 1.82) is 0 Å². The van der Waals surface area contributed by atoms with Crippen molar-refractivity contribution in [2.45, 2.75) is 44.7 Å². The minimum absolute atomic E-state index is 0.0652. The second-order valence-electron chi connectivity index (χ2n) is 10.3. The number of carboxylic acid groups (broad SMARTS) is 1. The number of anilines is 1. The first-order valence-electron chi connectivity index (χ1n) is 13.7. The number of nitrogens with zero attached hydrogens (tertiary/aromatic N) is 4. The van der Waals surface area contributed by atoms with E-state index in [1.807, 2.05) is 66.0 Å². The number of hydrogen-bond donors (Lipinski definition) is 4. The summed E-state index contributed by atoms with van der Waals surface area (Å²) in [6.07, 6.45) is 1.20. The van der Waals surface area contributed by atoms with Gasteiger partial charge in [0.15, 0.2) is 0 Å². The molecule has 1 atom stereocenters. The Hall–Kier alpha value is -5.04. The van der Waals surface area contributed by atoms with Crippen LogP contribution in [0.1, 0.15) is 32.1 Å². The number of nitrogens with two attached hydrogens (primary N) is 1. The van der Waals surface area contributed by atoms with Crippen LogP contribution in [-0.4, -0.2) is 47.5 Å². The molecule has 0 aliphatic heterocycles. The van der Waals surface area contributed by atoms with E-state index in [1.165, 1.54) is 0 Å². The van der Waals surface area contributed by atoms with Crippen molar-refractivity contribution in [3.05, 3.63) is 77.2 Å². The number of benzene rings is 3. The smallest absolute Gasteiger partial charge is 0.327 e. The van der Waals surface area contributed by atoms with Crippen molar-refractivity contribution in [1.82, 2.24) is 5.32 Å². The molecule has 14 heteroatoms. The highest BCUT2D eigenvalue weighted by molar-refractivity contribution is 7.85. The number of carboxylic acids is 1. The van der Waals surface area contributed by atoms with Gasteiger partial charge in [0.25, 0.3) is 10.1 Å². The van der Waals surface area contributed by atoms with Gasteiger partial charge in [-0.25, -0.2) is 4.79 Å². The average molecular weight is 620 g/mol. The molecule has 5 N–H and O–H groups in total. The summed E-state index contributed by atoms with van der Waals surface area (Å²) in [5, 5.41) is 17.7. The highest BCUT2D eigenvalue weighted by atomic mass is 32.2. The fourth-order valence-corrected chi connectivity index (χ4v) is 5.80. The number of nitrogens with one attached hydrogen (secondary N) is 1. The Morgan fingerprint density at radius 3 is 2.39 bits per heavy atom. The largest absolute Gasteiger partial charge is 0.480 e. The third kappa shape index (κ3) is 8.07. The van der Waals surface area contributed by atoms with Crippen LogP contribution in [0.4, 0.5) is 11.4 Å². The molecular formula is C30H31N6O7S+. The number of carbonyl (C=O) groups excluding carboxylic acids is 2. The molecule has 0 unspecified atom stereocenters. The molecule has 0 bridgehead atoms. The predicted octanol–water partition coefficient (Wildman–Crippen LogP) is 4.45. The van der Waals surface area contributed by atoms with Crippen molar-refractivity contribution < 1.29 is 37.0 Å². The fourth-order valence-electron chi connectivity index (χ4n) is 5.15. The lowest BCUT2D eigenvalue weighted by Crippen LogP contribution is -2.45. The Labute approximate surface area is 252 Å². The second kappa shape index (κ2) is 14.0. The van der Waals surface area contributed by atoms with Crippen LogP contribution in [0.15, 0.2) is 71.8 Å². The molecule has 13 nitrogen and oxygen atoms in total. The van der Waals surface area contributed by atoms with E-state index in [0.717, 1.165) is 32.9 Å². The van der Waals surface area contributed by atoms with E-state index in [4.69, 9.17) is 20.9 Å². The molecule has 44 heavy (non-hydrogen) atoms. The molecule has 228 valence electrons. The zero-order valence-corrected chi connectivity index (χ0v) is 24.4. The SMILES string of the molecule is [N-]=[N+]=Nc1ccc2c3ccc(N)cc3c(-c3ccccc3)[n+](CCCCCC(=O)CC(=O)N[C@@H](CS(=O)(=O)O)C(=O)O)c2c1. The normalized spacial score (nSPS) is 12.0. The van der Waals surface area contributed by atoms with Gasteiger partial charge in [0.05, 0.1) is 17.2 Å². The van der Waals surface area contributed by atoms with Gasteiger partial charge in [0.2, 0.25) is 17.1 Å². The zero-order valence-electron chi connectivity index (χ0n) is 23.6. The van der Waals surface area contributed by atoms with Crippen LogP contribution >= 0.6 is 0 Å². The molecule has 0 aliphatic rings. The van der Waals surface area contributed by atoms with Crippen LogP contribution in [0.5, 0.6) is 0 Å². The zero-order chi connectivity index (χ0) is 31.9. The topological polar surface area (TPSA) is 216 Å². The lowest BCUT2D eigenvalue weighted by Gasteiger charge is -2.13. The third-order valence-corrected chi connectivity index (χ3v) is 7.80. The molecule has 1 amide bonds. The molecule has 0 saturated heterocycles. The van der Waals surface area contributed by atoms with Crippen molar-refractivity contribution >= 4 is 60.8 Å². The fraction of sp³-hybridized carbons (Fsp3) is 0.267. The van der Waals surface area contributed by atoms with E-state index in [1.54, 1.807) is 6.07 Å². The lowest BCUT2D eigenvalue weighted by molar-refractivity contribution is -0.659. The van der Waals surface area contributed by atoms with Crippen LogP contribution < -0.4 is 15.6 Å². The summed E-state index contributed by atoms with van der Waals surface area (Å²) in [5.74, 6) is -4.22. The van der Waals surface area contributed by atoms with Crippen molar-refractivity contribution in [2.75, 3.05) is 11.5 Å². The Bertz CT molecular complexity index is 1890. The summed E-state index contributed by atoms with van der Waals surface area (Å²) in [7, 11) is -4.65. The number of rotatable bonds is 14. The quantitative estimate of drug-likeness (QED) is 0.0181. The van der Waals surface area contributed by atoms with E-state index >= 15 is 0 Å². The van der Waals surface area contributed by atoms with Crippen LogP contribution in [-0.2, 0) is 31.0 Å². The molecule has 0 radical (unpaired) electrons. The number of aromatic nitrogens is 1. The van der Waals surface area contributed by atoms with E-state index in [9.17, 15) is 22.8 Å². The number of Topliss-reactive ketones (excluding diaryl/α,β-unsaturated/α-hetero) is 1. The molecular weight excluding hydrogens is 588 g/mol. The monoisotopic (exact) mass is 619 g/mol. The van der Waals surface area contributed by atoms with Gasteiger partial charge in [-0.1, -0.05) is 35.4 Å². The number of ketones is 1. The number of carbonyl (C=O) groups is 3. The standard InChI is InChI=1S/C30H30N6O7S/c31-20-10-12-23-24-13-11-21(34-35-32)16-27(24)36(29(25(23)15-20)19-7-3-1-4-8-19)14-6-2-5-9-22(37)17-28(38)33-26(30(39)40)18-44(41,42)43/h1,3-4,7-8,10-13,15-16,26H,2,5-6,9,14,17-18,31H2,(H2-,33,38,39,40,41,42,43)/p+1/t26-/m0/s1. The van der Waals surface area contributed by atoms with Gasteiger partial charge in [-0.2, -0.15) is 13.0 Å². The third-order valence-electron chi connectivity index (χ3n) is 7.04.